The normalized spacial score (nSPS) is 10.4. The molecule has 0 atom stereocenters. The molecule has 6 heteroatoms. The standard InChI is InChI=1S/C12H11Cl2N3O/c1-17-7-8(6-16-17)5-15-12(18)10-3-2-9(13)4-11(10)14/h2-4,6-7H,5H2,1H3,(H,15,18). The van der Waals surface area contributed by atoms with Gasteiger partial charge in [0.15, 0.2) is 0 Å². The van der Waals surface area contributed by atoms with Crippen LogP contribution < -0.4 is 5.32 Å². The van der Waals surface area contributed by atoms with Crippen molar-refractivity contribution in [2.45, 2.75) is 6.54 Å². The average Bonchev–Trinajstić information content (AvgIpc) is 2.72. The Morgan fingerprint density at radius 1 is 1.44 bits per heavy atom. The molecule has 0 radical (unpaired) electrons. The zero-order valence-corrected chi connectivity index (χ0v) is 11.2. The first kappa shape index (κ1) is 12.9. The van der Waals surface area contributed by atoms with Crippen molar-refractivity contribution in [1.82, 2.24) is 15.1 Å². The quantitative estimate of drug-likeness (QED) is 0.941. The fourth-order valence-electron chi connectivity index (χ4n) is 1.51. The van der Waals surface area contributed by atoms with Crippen LogP contribution in [-0.4, -0.2) is 15.7 Å². The molecule has 1 aromatic carbocycles. The van der Waals surface area contributed by atoms with E-state index in [2.05, 4.69) is 10.4 Å². The van der Waals surface area contributed by atoms with E-state index >= 15 is 0 Å². The Bertz CT molecular complexity index is 580. The molecule has 0 unspecified atom stereocenters. The number of halogens is 2. The molecule has 1 N–H and O–H groups in total. The minimum Gasteiger partial charge on any atom is -0.348 e. The van der Waals surface area contributed by atoms with Crippen molar-refractivity contribution in [1.29, 1.82) is 0 Å². The monoisotopic (exact) mass is 283 g/mol. The van der Waals surface area contributed by atoms with Crippen LogP contribution >= 0.6 is 23.2 Å². The molecule has 0 aliphatic carbocycles. The van der Waals surface area contributed by atoms with Crippen LogP contribution in [0.2, 0.25) is 10.0 Å². The second kappa shape index (κ2) is 5.42. The number of carbonyl (C=O) groups excluding carboxylic acids is 1. The maximum Gasteiger partial charge on any atom is 0.253 e. The fourth-order valence-corrected chi connectivity index (χ4v) is 2.01. The minimum atomic E-state index is -0.236. The highest BCUT2D eigenvalue weighted by atomic mass is 35.5. The molecule has 1 amide bonds. The SMILES string of the molecule is Cn1cc(CNC(=O)c2ccc(Cl)cc2Cl)cn1. The Kier molecular flexibility index (Phi) is 3.89. The van der Waals surface area contributed by atoms with Crippen molar-refractivity contribution in [3.63, 3.8) is 0 Å². The number of rotatable bonds is 3. The van der Waals surface area contributed by atoms with E-state index in [4.69, 9.17) is 23.2 Å². The molecule has 0 aliphatic heterocycles. The van der Waals surface area contributed by atoms with Gasteiger partial charge in [-0.1, -0.05) is 23.2 Å². The summed E-state index contributed by atoms with van der Waals surface area (Å²) in [5.41, 5.74) is 1.33. The summed E-state index contributed by atoms with van der Waals surface area (Å²) in [6.45, 7) is 0.408. The van der Waals surface area contributed by atoms with Crippen LogP contribution in [-0.2, 0) is 13.6 Å². The van der Waals surface area contributed by atoms with Gasteiger partial charge in [-0.15, -0.1) is 0 Å². The van der Waals surface area contributed by atoms with E-state index < -0.39 is 0 Å². The van der Waals surface area contributed by atoms with Crippen molar-refractivity contribution in [2.75, 3.05) is 0 Å². The molecule has 2 aromatic rings. The number of hydrogen-bond acceptors (Lipinski definition) is 2. The lowest BCUT2D eigenvalue weighted by atomic mass is 10.2. The Balaban J connectivity index is 2.03. The molecule has 94 valence electrons. The number of aryl methyl sites for hydroxylation is 1. The lowest BCUT2D eigenvalue weighted by molar-refractivity contribution is 0.0951. The zero-order chi connectivity index (χ0) is 13.1. The largest absolute Gasteiger partial charge is 0.348 e. The van der Waals surface area contributed by atoms with Crippen LogP contribution in [0.5, 0.6) is 0 Å². The molecule has 4 nitrogen and oxygen atoms in total. The van der Waals surface area contributed by atoms with Gasteiger partial charge in [-0.2, -0.15) is 5.10 Å². The molecule has 1 aromatic heterocycles. The number of amides is 1. The van der Waals surface area contributed by atoms with Crippen molar-refractivity contribution in [2.24, 2.45) is 7.05 Å². The van der Waals surface area contributed by atoms with E-state index in [0.717, 1.165) is 5.56 Å². The minimum absolute atomic E-state index is 0.236. The maximum atomic E-state index is 11.9. The number of benzene rings is 1. The highest BCUT2D eigenvalue weighted by molar-refractivity contribution is 6.36. The molecule has 18 heavy (non-hydrogen) atoms. The van der Waals surface area contributed by atoms with Crippen LogP contribution in [0.25, 0.3) is 0 Å². The van der Waals surface area contributed by atoms with Gasteiger partial charge in [-0.25, -0.2) is 0 Å². The van der Waals surface area contributed by atoms with Crippen LogP contribution in [0.3, 0.4) is 0 Å². The zero-order valence-electron chi connectivity index (χ0n) is 9.65. The van der Waals surface area contributed by atoms with Crippen LogP contribution in [0.4, 0.5) is 0 Å². The predicted octanol–water partition coefficient (Wildman–Crippen LogP) is 2.66. The molecule has 2 rings (SSSR count). The second-order valence-electron chi connectivity index (χ2n) is 3.83. The van der Waals surface area contributed by atoms with E-state index in [1.807, 2.05) is 13.2 Å². The van der Waals surface area contributed by atoms with Gasteiger partial charge in [0.25, 0.3) is 5.91 Å². The Labute approximate surface area is 115 Å². The lowest BCUT2D eigenvalue weighted by Crippen LogP contribution is -2.22. The highest BCUT2D eigenvalue weighted by Crippen LogP contribution is 2.20. The second-order valence-corrected chi connectivity index (χ2v) is 4.67. The van der Waals surface area contributed by atoms with Gasteiger partial charge in [0.1, 0.15) is 0 Å². The van der Waals surface area contributed by atoms with Crippen molar-refractivity contribution in [3.05, 3.63) is 51.8 Å². The molecule has 1 heterocycles. The van der Waals surface area contributed by atoms with Gasteiger partial charge in [0.05, 0.1) is 16.8 Å². The summed E-state index contributed by atoms with van der Waals surface area (Å²) < 4.78 is 1.68. The molecule has 0 saturated heterocycles. The highest BCUT2D eigenvalue weighted by Gasteiger charge is 2.10. The number of hydrogen-bond donors (Lipinski definition) is 1. The summed E-state index contributed by atoms with van der Waals surface area (Å²) in [5.74, 6) is -0.236. The van der Waals surface area contributed by atoms with E-state index in [0.29, 0.717) is 22.2 Å². The third kappa shape index (κ3) is 3.03. The van der Waals surface area contributed by atoms with Crippen LogP contribution in [0, 0.1) is 0 Å². The van der Waals surface area contributed by atoms with Gasteiger partial charge in [-0.3, -0.25) is 9.48 Å². The summed E-state index contributed by atoms with van der Waals surface area (Å²) >= 11 is 11.7. The number of nitrogens with zero attached hydrogens (tertiary/aromatic N) is 2. The van der Waals surface area contributed by atoms with Gasteiger partial charge in [-0.05, 0) is 18.2 Å². The van der Waals surface area contributed by atoms with Crippen molar-refractivity contribution in [3.8, 4) is 0 Å². The van der Waals surface area contributed by atoms with Gasteiger partial charge in [0.2, 0.25) is 0 Å². The van der Waals surface area contributed by atoms with E-state index in [1.165, 1.54) is 0 Å². The van der Waals surface area contributed by atoms with Gasteiger partial charge < -0.3 is 5.32 Å². The Hall–Kier alpha value is -1.52. The summed E-state index contributed by atoms with van der Waals surface area (Å²) in [6, 6.07) is 4.78. The molecular weight excluding hydrogens is 273 g/mol. The van der Waals surface area contributed by atoms with Gasteiger partial charge >= 0.3 is 0 Å². The third-order valence-corrected chi connectivity index (χ3v) is 2.93. The average molecular weight is 284 g/mol. The number of nitrogens with one attached hydrogen (secondary N) is 1. The first-order valence-electron chi connectivity index (χ1n) is 5.27. The molecule has 0 spiro atoms. The first-order valence-corrected chi connectivity index (χ1v) is 6.02. The Morgan fingerprint density at radius 3 is 2.83 bits per heavy atom. The summed E-state index contributed by atoms with van der Waals surface area (Å²) in [5, 5.41) is 7.63. The lowest BCUT2D eigenvalue weighted by Gasteiger charge is -2.05. The van der Waals surface area contributed by atoms with E-state index in [1.54, 1.807) is 29.1 Å². The molecular formula is C12H11Cl2N3O. The molecule has 0 bridgehead atoms. The molecule has 0 aliphatic rings. The van der Waals surface area contributed by atoms with Gasteiger partial charge in [0, 0.05) is 30.4 Å². The third-order valence-electron chi connectivity index (χ3n) is 2.39. The molecule has 0 saturated carbocycles. The van der Waals surface area contributed by atoms with Crippen LogP contribution in [0.1, 0.15) is 15.9 Å². The molecule has 0 fully saturated rings. The van der Waals surface area contributed by atoms with E-state index in [9.17, 15) is 4.79 Å². The smallest absolute Gasteiger partial charge is 0.253 e. The van der Waals surface area contributed by atoms with Crippen molar-refractivity contribution >= 4 is 29.1 Å². The first-order chi connectivity index (χ1) is 8.56. The predicted molar refractivity (Wildman–Crippen MR) is 70.8 cm³/mol. The summed E-state index contributed by atoms with van der Waals surface area (Å²) in [4.78, 5) is 11.9. The fraction of sp³-hybridized carbons (Fsp3) is 0.167. The topological polar surface area (TPSA) is 46.9 Å². The Morgan fingerprint density at radius 2 is 2.22 bits per heavy atom. The number of carbonyl (C=O) groups is 1. The maximum absolute atomic E-state index is 11.9. The number of aromatic nitrogens is 2. The van der Waals surface area contributed by atoms with E-state index in [-0.39, 0.29) is 5.91 Å². The summed E-state index contributed by atoms with van der Waals surface area (Å²) in [7, 11) is 1.82. The summed E-state index contributed by atoms with van der Waals surface area (Å²) in [6.07, 6.45) is 3.54. The van der Waals surface area contributed by atoms with Crippen LogP contribution in [0.15, 0.2) is 30.6 Å². The van der Waals surface area contributed by atoms with Crippen molar-refractivity contribution < 1.29 is 4.79 Å².